The maximum atomic E-state index is 13.7. The highest BCUT2D eigenvalue weighted by Gasteiger charge is 2.47. The SMILES string of the molecule is CCC(=O)N1CC[C@H]2[C@@H]1c1cc(-c3cccc(F)c3)ccc1N(C)[C@H]2CO. The molecule has 0 bridgehead atoms. The Balaban J connectivity index is 1.84. The number of fused-ring (bicyclic) bond motifs is 3. The lowest BCUT2D eigenvalue weighted by molar-refractivity contribution is -0.132. The van der Waals surface area contributed by atoms with E-state index in [9.17, 15) is 14.3 Å². The fourth-order valence-electron chi connectivity index (χ4n) is 4.78. The molecule has 0 unspecified atom stereocenters. The van der Waals surface area contributed by atoms with Crippen LogP contribution in [-0.4, -0.2) is 42.2 Å². The monoisotopic (exact) mass is 368 g/mol. The number of amides is 1. The van der Waals surface area contributed by atoms with Gasteiger partial charge in [-0.1, -0.05) is 25.1 Å². The van der Waals surface area contributed by atoms with Gasteiger partial charge in [-0.05, 0) is 47.4 Å². The summed E-state index contributed by atoms with van der Waals surface area (Å²) in [4.78, 5) is 16.7. The molecule has 4 rings (SSSR count). The van der Waals surface area contributed by atoms with Crippen molar-refractivity contribution in [2.45, 2.75) is 31.8 Å². The second-order valence-corrected chi connectivity index (χ2v) is 7.48. The maximum Gasteiger partial charge on any atom is 0.222 e. The second kappa shape index (κ2) is 6.97. The van der Waals surface area contributed by atoms with Crippen molar-refractivity contribution in [1.29, 1.82) is 0 Å². The van der Waals surface area contributed by atoms with Crippen molar-refractivity contribution in [2.24, 2.45) is 5.92 Å². The quantitative estimate of drug-likeness (QED) is 0.900. The molecule has 0 saturated carbocycles. The number of aliphatic hydroxyl groups excluding tert-OH is 1. The van der Waals surface area contributed by atoms with Gasteiger partial charge in [-0.3, -0.25) is 4.79 Å². The summed E-state index contributed by atoms with van der Waals surface area (Å²) in [7, 11) is 2.00. The molecule has 2 aromatic carbocycles. The lowest BCUT2D eigenvalue weighted by atomic mass is 9.81. The zero-order valence-electron chi connectivity index (χ0n) is 15.7. The van der Waals surface area contributed by atoms with E-state index in [1.807, 2.05) is 37.1 Å². The Labute approximate surface area is 159 Å². The molecule has 1 fully saturated rings. The number of carbonyl (C=O) groups excluding carboxylic acids is 1. The number of halogens is 1. The number of hydrogen-bond donors (Lipinski definition) is 1. The van der Waals surface area contributed by atoms with E-state index in [0.29, 0.717) is 6.42 Å². The van der Waals surface area contributed by atoms with Gasteiger partial charge in [0, 0.05) is 31.6 Å². The van der Waals surface area contributed by atoms with Gasteiger partial charge in [0.1, 0.15) is 5.82 Å². The number of aliphatic hydroxyl groups is 1. The molecule has 2 aliphatic heterocycles. The standard InChI is InChI=1S/C22H25FN2O2/c1-3-21(27)25-10-9-17-20(13-26)24(2)19-8-7-15(12-18(19)22(17)25)14-5-4-6-16(23)11-14/h4-8,11-12,17,20,22,26H,3,9-10,13H2,1-2H3/t17-,20+,22-/m1/s1. The first-order chi connectivity index (χ1) is 13.0. The Hall–Kier alpha value is -2.40. The minimum Gasteiger partial charge on any atom is -0.394 e. The molecular formula is C22H25FN2O2. The van der Waals surface area contributed by atoms with Crippen LogP contribution < -0.4 is 4.90 Å². The molecule has 27 heavy (non-hydrogen) atoms. The van der Waals surface area contributed by atoms with Gasteiger partial charge in [-0.2, -0.15) is 0 Å². The first-order valence-electron chi connectivity index (χ1n) is 9.58. The third kappa shape index (κ3) is 2.90. The van der Waals surface area contributed by atoms with E-state index in [-0.39, 0.29) is 36.3 Å². The summed E-state index contributed by atoms with van der Waals surface area (Å²) in [6.07, 6.45) is 1.36. The van der Waals surface area contributed by atoms with Crippen LogP contribution in [0.25, 0.3) is 11.1 Å². The molecule has 0 radical (unpaired) electrons. The van der Waals surface area contributed by atoms with Gasteiger partial charge in [0.15, 0.2) is 0 Å². The molecular weight excluding hydrogens is 343 g/mol. The molecule has 5 heteroatoms. The van der Waals surface area contributed by atoms with E-state index in [1.54, 1.807) is 6.07 Å². The van der Waals surface area contributed by atoms with Crippen molar-refractivity contribution in [1.82, 2.24) is 4.90 Å². The third-order valence-corrected chi connectivity index (χ3v) is 6.13. The van der Waals surface area contributed by atoms with Crippen LogP contribution in [0.5, 0.6) is 0 Å². The third-order valence-electron chi connectivity index (χ3n) is 6.13. The Morgan fingerprint density at radius 3 is 2.70 bits per heavy atom. The summed E-state index contributed by atoms with van der Waals surface area (Å²) >= 11 is 0. The maximum absolute atomic E-state index is 13.7. The van der Waals surface area contributed by atoms with Crippen molar-refractivity contribution in [3.63, 3.8) is 0 Å². The average Bonchev–Trinajstić information content (AvgIpc) is 3.12. The molecule has 0 aromatic heterocycles. The van der Waals surface area contributed by atoms with Crippen LogP contribution in [0, 0.1) is 11.7 Å². The topological polar surface area (TPSA) is 43.8 Å². The van der Waals surface area contributed by atoms with Gasteiger partial charge in [-0.15, -0.1) is 0 Å². The summed E-state index contributed by atoms with van der Waals surface area (Å²) in [6.45, 7) is 2.67. The van der Waals surface area contributed by atoms with Gasteiger partial charge in [0.25, 0.3) is 0 Å². The van der Waals surface area contributed by atoms with Crippen molar-refractivity contribution >= 4 is 11.6 Å². The molecule has 3 atom stereocenters. The Morgan fingerprint density at radius 1 is 1.22 bits per heavy atom. The summed E-state index contributed by atoms with van der Waals surface area (Å²) in [5, 5.41) is 9.99. The zero-order valence-corrected chi connectivity index (χ0v) is 15.7. The van der Waals surface area contributed by atoms with Gasteiger partial charge >= 0.3 is 0 Å². The number of anilines is 1. The van der Waals surface area contributed by atoms with Crippen LogP contribution in [0.15, 0.2) is 42.5 Å². The van der Waals surface area contributed by atoms with Crippen molar-refractivity contribution < 1.29 is 14.3 Å². The fraction of sp³-hybridized carbons (Fsp3) is 0.409. The summed E-state index contributed by atoms with van der Waals surface area (Å²) in [5.41, 5.74) is 3.89. The highest BCUT2D eigenvalue weighted by atomic mass is 19.1. The van der Waals surface area contributed by atoms with Crippen molar-refractivity contribution in [3.05, 3.63) is 53.8 Å². The van der Waals surface area contributed by atoms with Crippen LogP contribution in [0.2, 0.25) is 0 Å². The van der Waals surface area contributed by atoms with Crippen LogP contribution >= 0.6 is 0 Å². The van der Waals surface area contributed by atoms with E-state index >= 15 is 0 Å². The second-order valence-electron chi connectivity index (χ2n) is 7.48. The largest absolute Gasteiger partial charge is 0.394 e. The number of benzene rings is 2. The Bertz CT molecular complexity index is 869. The normalized spacial score (nSPS) is 23.9. The van der Waals surface area contributed by atoms with Crippen LogP contribution in [0.4, 0.5) is 10.1 Å². The van der Waals surface area contributed by atoms with Gasteiger partial charge in [0.2, 0.25) is 5.91 Å². The molecule has 1 saturated heterocycles. The van der Waals surface area contributed by atoms with E-state index in [1.165, 1.54) is 12.1 Å². The molecule has 0 aliphatic carbocycles. The molecule has 0 spiro atoms. The van der Waals surface area contributed by atoms with Gasteiger partial charge in [-0.25, -0.2) is 4.39 Å². The number of hydrogen-bond acceptors (Lipinski definition) is 3. The lowest BCUT2D eigenvalue weighted by Crippen LogP contribution is -2.48. The van der Waals surface area contributed by atoms with Crippen molar-refractivity contribution in [2.75, 3.05) is 25.1 Å². The highest BCUT2D eigenvalue weighted by molar-refractivity contribution is 5.78. The molecule has 2 aliphatic rings. The van der Waals surface area contributed by atoms with E-state index in [0.717, 1.165) is 35.3 Å². The number of likely N-dealkylation sites (N-methyl/N-ethyl adjacent to an activating group) is 1. The minimum absolute atomic E-state index is 0.00261. The fourth-order valence-corrected chi connectivity index (χ4v) is 4.78. The zero-order chi connectivity index (χ0) is 19.1. The molecule has 4 nitrogen and oxygen atoms in total. The summed E-state index contributed by atoms with van der Waals surface area (Å²) in [6, 6.07) is 12.7. The number of carbonyl (C=O) groups is 1. The predicted octanol–water partition coefficient (Wildman–Crippen LogP) is 3.60. The first-order valence-corrected chi connectivity index (χ1v) is 9.58. The van der Waals surface area contributed by atoms with E-state index in [2.05, 4.69) is 11.0 Å². The first kappa shape index (κ1) is 18.0. The number of nitrogens with zero attached hydrogens (tertiary/aromatic N) is 2. The van der Waals surface area contributed by atoms with E-state index in [4.69, 9.17) is 0 Å². The molecule has 1 amide bonds. The molecule has 2 heterocycles. The highest BCUT2D eigenvalue weighted by Crippen LogP contribution is 2.49. The van der Waals surface area contributed by atoms with Crippen LogP contribution in [0.3, 0.4) is 0 Å². The molecule has 142 valence electrons. The van der Waals surface area contributed by atoms with Crippen LogP contribution in [-0.2, 0) is 4.79 Å². The summed E-state index contributed by atoms with van der Waals surface area (Å²) in [5.74, 6) is 0.0841. The van der Waals surface area contributed by atoms with Gasteiger partial charge < -0.3 is 14.9 Å². The Morgan fingerprint density at radius 2 is 2.00 bits per heavy atom. The smallest absolute Gasteiger partial charge is 0.222 e. The average molecular weight is 368 g/mol. The number of likely N-dealkylation sites (tertiary alicyclic amines) is 1. The predicted molar refractivity (Wildman–Crippen MR) is 104 cm³/mol. The number of rotatable bonds is 3. The Kier molecular flexibility index (Phi) is 4.64. The van der Waals surface area contributed by atoms with Gasteiger partial charge in [0.05, 0.1) is 18.7 Å². The van der Waals surface area contributed by atoms with E-state index < -0.39 is 0 Å². The molecule has 1 N–H and O–H groups in total. The lowest BCUT2D eigenvalue weighted by Gasteiger charge is -2.44. The van der Waals surface area contributed by atoms with Crippen molar-refractivity contribution in [3.8, 4) is 11.1 Å². The van der Waals surface area contributed by atoms with Crippen LogP contribution in [0.1, 0.15) is 31.4 Å². The summed E-state index contributed by atoms with van der Waals surface area (Å²) < 4.78 is 13.7. The molecule has 2 aromatic rings. The minimum atomic E-state index is -0.260.